The summed E-state index contributed by atoms with van der Waals surface area (Å²) in [6.45, 7) is 4.75. The number of hydrogen-bond acceptors (Lipinski definition) is 7. The van der Waals surface area contributed by atoms with Crippen LogP contribution in [0, 0.1) is 11.2 Å². The van der Waals surface area contributed by atoms with Gasteiger partial charge >= 0.3 is 0 Å². The van der Waals surface area contributed by atoms with Crippen molar-refractivity contribution in [2.45, 2.75) is 6.54 Å². The predicted molar refractivity (Wildman–Crippen MR) is 95.0 cm³/mol. The van der Waals surface area contributed by atoms with Crippen LogP contribution in [0.15, 0.2) is 22.8 Å². The highest BCUT2D eigenvalue weighted by atomic mass is 35.5. The molecule has 1 aromatic carbocycles. The van der Waals surface area contributed by atoms with Crippen molar-refractivity contribution in [3.63, 3.8) is 0 Å². The standard InChI is InChI=1S/C16H20ClFN6O2/c17-12-9-11(1-2-13(12)18)20-16(19)15-14(21-26-22-15)10-24-5-3-23(4-6-24)7-8-25/h1-2,9,25H,3-8,10H2,(H2,19,20). The summed E-state index contributed by atoms with van der Waals surface area (Å²) in [4.78, 5) is 4.39. The van der Waals surface area contributed by atoms with Crippen LogP contribution < -0.4 is 5.32 Å². The number of anilines is 1. The first kappa shape index (κ1) is 18.7. The molecule has 0 spiro atoms. The Labute approximate surface area is 155 Å². The molecule has 8 nitrogen and oxygen atoms in total. The fraction of sp³-hybridized carbons (Fsp3) is 0.438. The van der Waals surface area contributed by atoms with Gasteiger partial charge in [0.05, 0.1) is 11.6 Å². The van der Waals surface area contributed by atoms with Crippen molar-refractivity contribution < 1.29 is 14.1 Å². The van der Waals surface area contributed by atoms with Crippen molar-refractivity contribution in [2.75, 3.05) is 44.6 Å². The third kappa shape index (κ3) is 4.55. The Morgan fingerprint density at radius 3 is 2.69 bits per heavy atom. The number of aliphatic hydroxyl groups excluding tert-OH is 1. The van der Waals surface area contributed by atoms with Gasteiger partial charge in [-0.2, -0.15) is 0 Å². The van der Waals surface area contributed by atoms with Gasteiger partial charge in [0.2, 0.25) is 0 Å². The molecular formula is C16H20ClFN6O2. The number of nitrogens with zero attached hydrogens (tertiary/aromatic N) is 4. The quantitative estimate of drug-likeness (QED) is 0.513. The highest BCUT2D eigenvalue weighted by Gasteiger charge is 2.22. The van der Waals surface area contributed by atoms with Crippen molar-refractivity contribution >= 4 is 23.1 Å². The van der Waals surface area contributed by atoms with Gasteiger partial charge in [0.25, 0.3) is 0 Å². The lowest BCUT2D eigenvalue weighted by atomic mass is 10.2. The van der Waals surface area contributed by atoms with Crippen molar-refractivity contribution in [1.29, 1.82) is 5.41 Å². The predicted octanol–water partition coefficient (Wildman–Crippen LogP) is 1.41. The van der Waals surface area contributed by atoms with Crippen molar-refractivity contribution in [3.8, 4) is 0 Å². The molecule has 0 atom stereocenters. The average Bonchev–Trinajstić information content (AvgIpc) is 3.08. The largest absolute Gasteiger partial charge is 0.395 e. The lowest BCUT2D eigenvalue weighted by Gasteiger charge is -2.33. The maximum absolute atomic E-state index is 13.2. The fourth-order valence-electron chi connectivity index (χ4n) is 2.80. The molecule has 1 fully saturated rings. The molecule has 3 rings (SSSR count). The molecule has 1 aliphatic rings. The second-order valence-corrected chi connectivity index (χ2v) is 6.44. The van der Waals surface area contributed by atoms with E-state index in [1.165, 1.54) is 18.2 Å². The summed E-state index contributed by atoms with van der Waals surface area (Å²) >= 11 is 5.76. The van der Waals surface area contributed by atoms with E-state index in [2.05, 4.69) is 25.4 Å². The number of β-amino-alcohol motifs (C(OH)–C–C–N with tert-alkyl or cyclic N) is 1. The van der Waals surface area contributed by atoms with Gasteiger partial charge in [0.1, 0.15) is 11.5 Å². The number of aromatic nitrogens is 2. The maximum Gasteiger partial charge on any atom is 0.174 e. The Morgan fingerprint density at radius 1 is 1.27 bits per heavy atom. The van der Waals surface area contributed by atoms with E-state index < -0.39 is 5.82 Å². The maximum atomic E-state index is 13.2. The number of halogens is 2. The molecule has 1 aliphatic heterocycles. The summed E-state index contributed by atoms with van der Waals surface area (Å²) in [6.07, 6.45) is 0. The van der Waals surface area contributed by atoms with Crippen molar-refractivity contribution in [2.24, 2.45) is 0 Å². The molecular weight excluding hydrogens is 363 g/mol. The summed E-state index contributed by atoms with van der Waals surface area (Å²) in [6, 6.07) is 4.12. The molecule has 1 saturated heterocycles. The third-order valence-corrected chi connectivity index (χ3v) is 4.53. The van der Waals surface area contributed by atoms with Crippen LogP contribution in [0.2, 0.25) is 5.02 Å². The fourth-order valence-corrected chi connectivity index (χ4v) is 2.98. The Balaban J connectivity index is 1.61. The van der Waals surface area contributed by atoms with Gasteiger partial charge in [0.15, 0.2) is 11.5 Å². The van der Waals surface area contributed by atoms with E-state index in [4.69, 9.17) is 26.7 Å². The van der Waals surface area contributed by atoms with Crippen molar-refractivity contribution in [1.82, 2.24) is 20.1 Å². The summed E-state index contributed by atoms with van der Waals surface area (Å²) in [7, 11) is 0. The summed E-state index contributed by atoms with van der Waals surface area (Å²) in [5.41, 5.74) is 1.35. The van der Waals surface area contributed by atoms with Gasteiger partial charge in [-0.25, -0.2) is 9.02 Å². The van der Waals surface area contributed by atoms with E-state index in [9.17, 15) is 4.39 Å². The Hall–Kier alpha value is -2.07. The molecule has 1 aromatic heterocycles. The molecule has 0 bridgehead atoms. The molecule has 10 heteroatoms. The zero-order valence-electron chi connectivity index (χ0n) is 14.1. The Kier molecular flexibility index (Phi) is 6.15. The molecule has 140 valence electrons. The molecule has 0 aliphatic carbocycles. The SMILES string of the molecule is N=C(Nc1ccc(F)c(Cl)c1)c1nonc1CN1CCN(CCO)CC1. The van der Waals surface area contributed by atoms with Gasteiger partial charge in [-0.1, -0.05) is 16.8 Å². The van der Waals surface area contributed by atoms with Crippen LogP contribution >= 0.6 is 11.6 Å². The van der Waals surface area contributed by atoms with E-state index in [1.54, 1.807) is 0 Å². The second kappa shape index (κ2) is 8.54. The molecule has 0 radical (unpaired) electrons. The first-order chi connectivity index (χ1) is 12.6. The van der Waals surface area contributed by atoms with Crippen LogP contribution in [-0.4, -0.2) is 70.4 Å². The summed E-state index contributed by atoms with van der Waals surface area (Å²) in [5, 5.41) is 27.7. The van der Waals surface area contributed by atoms with Crippen LogP contribution in [0.1, 0.15) is 11.4 Å². The van der Waals surface area contributed by atoms with Gasteiger partial charge in [-0.15, -0.1) is 0 Å². The van der Waals surface area contributed by atoms with E-state index in [0.29, 0.717) is 30.2 Å². The zero-order valence-corrected chi connectivity index (χ0v) is 14.8. The average molecular weight is 383 g/mol. The lowest BCUT2D eigenvalue weighted by Crippen LogP contribution is -2.46. The molecule has 0 unspecified atom stereocenters. The molecule has 3 N–H and O–H groups in total. The highest BCUT2D eigenvalue weighted by Crippen LogP contribution is 2.20. The molecule has 2 aromatic rings. The highest BCUT2D eigenvalue weighted by molar-refractivity contribution is 6.31. The van der Waals surface area contributed by atoms with E-state index in [1.807, 2.05) is 0 Å². The van der Waals surface area contributed by atoms with Gasteiger partial charge in [-0.05, 0) is 23.4 Å². The number of rotatable bonds is 6. The van der Waals surface area contributed by atoms with E-state index in [-0.39, 0.29) is 17.5 Å². The topological polar surface area (TPSA) is 102 Å². The molecule has 26 heavy (non-hydrogen) atoms. The third-order valence-electron chi connectivity index (χ3n) is 4.24. The zero-order chi connectivity index (χ0) is 18.5. The minimum absolute atomic E-state index is 0.00263. The number of piperazine rings is 1. The first-order valence-electron chi connectivity index (χ1n) is 8.25. The molecule has 0 saturated carbocycles. The number of benzene rings is 1. The van der Waals surface area contributed by atoms with E-state index in [0.717, 1.165) is 26.2 Å². The number of aliphatic hydroxyl groups is 1. The first-order valence-corrected chi connectivity index (χ1v) is 8.62. The summed E-state index contributed by atoms with van der Waals surface area (Å²) < 4.78 is 18.0. The minimum Gasteiger partial charge on any atom is -0.395 e. The van der Waals surface area contributed by atoms with E-state index >= 15 is 0 Å². The van der Waals surface area contributed by atoms with Crippen molar-refractivity contribution in [3.05, 3.63) is 40.4 Å². The normalized spacial score (nSPS) is 16.0. The monoisotopic (exact) mass is 382 g/mol. The Morgan fingerprint density at radius 2 is 2.00 bits per heavy atom. The molecule has 0 amide bonds. The second-order valence-electron chi connectivity index (χ2n) is 6.03. The smallest absolute Gasteiger partial charge is 0.174 e. The number of hydrogen-bond donors (Lipinski definition) is 3. The van der Waals surface area contributed by atoms with Gasteiger partial charge in [-0.3, -0.25) is 15.2 Å². The van der Waals surface area contributed by atoms with Crippen LogP contribution in [0.3, 0.4) is 0 Å². The molecule has 2 heterocycles. The summed E-state index contributed by atoms with van der Waals surface area (Å²) in [5.74, 6) is -0.518. The lowest BCUT2D eigenvalue weighted by molar-refractivity contribution is 0.107. The van der Waals surface area contributed by atoms with Crippen LogP contribution in [0.5, 0.6) is 0 Å². The van der Waals surface area contributed by atoms with Gasteiger partial charge in [0, 0.05) is 45.0 Å². The number of amidine groups is 1. The number of nitrogens with one attached hydrogen (secondary N) is 2. The van der Waals surface area contributed by atoms with Gasteiger partial charge < -0.3 is 10.4 Å². The van der Waals surface area contributed by atoms with Crippen LogP contribution in [0.25, 0.3) is 0 Å². The Bertz CT molecular complexity index is 763. The van der Waals surface area contributed by atoms with Crippen LogP contribution in [-0.2, 0) is 6.54 Å². The minimum atomic E-state index is -0.520. The van der Waals surface area contributed by atoms with Crippen LogP contribution in [0.4, 0.5) is 10.1 Å².